The van der Waals surface area contributed by atoms with Crippen molar-refractivity contribution in [3.63, 3.8) is 0 Å². The van der Waals surface area contributed by atoms with Gasteiger partial charge in [-0.1, -0.05) is 60.7 Å². The predicted octanol–water partition coefficient (Wildman–Crippen LogP) is 1.95. The van der Waals surface area contributed by atoms with Crippen molar-refractivity contribution < 1.29 is 67.3 Å². The molecule has 15 nitrogen and oxygen atoms in total. The van der Waals surface area contributed by atoms with E-state index in [0.29, 0.717) is 0 Å². The number of benzene rings is 2. The first-order valence-electron chi connectivity index (χ1n) is 15.5. The summed E-state index contributed by atoms with van der Waals surface area (Å²) in [6.45, 7) is 4.37. The van der Waals surface area contributed by atoms with Crippen LogP contribution in [0.1, 0.15) is 38.8 Å². The normalized spacial score (nSPS) is 26.6. The molecule has 2 aromatic carbocycles. The van der Waals surface area contributed by atoms with Gasteiger partial charge in [0.15, 0.2) is 30.7 Å². The van der Waals surface area contributed by atoms with Crippen LogP contribution >= 0.6 is 0 Å². The SMILES string of the molecule is CC(=O)NC1=C(O)OC(COCc2ccccc2)[C@@H](O[C@@H]2OC(COCc3ccccc3)[C@H](OC(C)=O)C(O)C2OC(C)=O)C1OC(C)=O. The van der Waals surface area contributed by atoms with Gasteiger partial charge in [0, 0.05) is 27.7 Å². The molecule has 15 heteroatoms. The molecule has 0 spiro atoms. The molecule has 1 saturated heterocycles. The summed E-state index contributed by atoms with van der Waals surface area (Å²) >= 11 is 0. The maximum atomic E-state index is 12.3. The Morgan fingerprint density at radius 3 is 1.73 bits per heavy atom. The number of aliphatic hydroxyl groups is 2. The zero-order valence-electron chi connectivity index (χ0n) is 27.5. The van der Waals surface area contributed by atoms with E-state index in [1.165, 1.54) is 6.92 Å². The highest BCUT2D eigenvalue weighted by atomic mass is 16.7. The van der Waals surface area contributed by atoms with Crippen molar-refractivity contribution >= 4 is 23.8 Å². The molecular weight excluding hydrogens is 646 g/mol. The maximum Gasteiger partial charge on any atom is 0.303 e. The van der Waals surface area contributed by atoms with E-state index in [1.54, 1.807) is 0 Å². The molecule has 0 saturated carbocycles. The van der Waals surface area contributed by atoms with E-state index in [0.717, 1.165) is 31.9 Å². The quantitative estimate of drug-likeness (QED) is 0.193. The third-order valence-electron chi connectivity index (χ3n) is 7.35. The van der Waals surface area contributed by atoms with Gasteiger partial charge >= 0.3 is 23.9 Å². The summed E-state index contributed by atoms with van der Waals surface area (Å²) in [6.07, 6.45) is -11.5. The third kappa shape index (κ3) is 10.7. The van der Waals surface area contributed by atoms with E-state index in [4.69, 9.17) is 37.9 Å². The zero-order valence-corrected chi connectivity index (χ0v) is 27.5. The number of nitrogens with one attached hydrogen (secondary N) is 1. The summed E-state index contributed by atoms with van der Waals surface area (Å²) in [5.41, 5.74) is 1.34. The molecule has 266 valence electrons. The number of hydrogen-bond acceptors (Lipinski definition) is 14. The van der Waals surface area contributed by atoms with E-state index in [2.05, 4.69) is 5.32 Å². The number of aliphatic hydroxyl groups excluding tert-OH is 2. The molecule has 5 unspecified atom stereocenters. The van der Waals surface area contributed by atoms with Crippen LogP contribution in [-0.4, -0.2) is 96.3 Å². The Hall–Kier alpha value is -4.54. The lowest BCUT2D eigenvalue weighted by atomic mass is 9.97. The highest BCUT2D eigenvalue weighted by Gasteiger charge is 2.53. The number of esters is 3. The van der Waals surface area contributed by atoms with Crippen LogP contribution < -0.4 is 5.32 Å². The minimum atomic E-state index is -1.68. The molecule has 8 atom stereocenters. The molecule has 3 N–H and O–H groups in total. The fraction of sp³-hybridized carbons (Fsp3) is 0.471. The third-order valence-corrected chi connectivity index (χ3v) is 7.35. The summed E-state index contributed by atoms with van der Waals surface area (Å²) in [7, 11) is 0. The van der Waals surface area contributed by atoms with Crippen LogP contribution in [0.3, 0.4) is 0 Å². The lowest BCUT2D eigenvalue weighted by Crippen LogP contribution is -2.64. The van der Waals surface area contributed by atoms with Crippen molar-refractivity contribution in [2.45, 2.75) is 89.9 Å². The van der Waals surface area contributed by atoms with Crippen LogP contribution in [0.15, 0.2) is 72.3 Å². The van der Waals surface area contributed by atoms with Crippen molar-refractivity contribution in [3.8, 4) is 0 Å². The first-order valence-corrected chi connectivity index (χ1v) is 15.5. The van der Waals surface area contributed by atoms with Crippen molar-refractivity contribution in [3.05, 3.63) is 83.4 Å². The number of rotatable bonds is 14. The molecule has 1 fully saturated rings. The predicted molar refractivity (Wildman–Crippen MR) is 167 cm³/mol. The van der Waals surface area contributed by atoms with Crippen LogP contribution in [0.5, 0.6) is 0 Å². The average Bonchev–Trinajstić information content (AvgIpc) is 3.04. The zero-order chi connectivity index (χ0) is 35.5. The minimum absolute atomic E-state index is 0.133. The summed E-state index contributed by atoms with van der Waals surface area (Å²) in [5.74, 6) is -3.74. The smallest absolute Gasteiger partial charge is 0.303 e. The van der Waals surface area contributed by atoms with Crippen LogP contribution in [0.2, 0.25) is 0 Å². The average molecular weight is 688 g/mol. The molecule has 4 rings (SSSR count). The van der Waals surface area contributed by atoms with E-state index in [1.807, 2.05) is 60.7 Å². The largest absolute Gasteiger partial charge is 0.480 e. The molecule has 2 aromatic rings. The number of ether oxygens (including phenoxy) is 8. The highest BCUT2D eigenvalue weighted by Crippen LogP contribution is 2.33. The van der Waals surface area contributed by atoms with Crippen molar-refractivity contribution in [2.75, 3.05) is 13.2 Å². The molecular formula is C34H41NO14. The topological polar surface area (TPSA) is 195 Å². The monoisotopic (exact) mass is 687 g/mol. The van der Waals surface area contributed by atoms with Gasteiger partial charge < -0.3 is 53.4 Å². The van der Waals surface area contributed by atoms with E-state index < -0.39 is 78.8 Å². The molecule has 2 aliphatic rings. The second kappa shape index (κ2) is 17.7. The Morgan fingerprint density at radius 1 is 0.714 bits per heavy atom. The molecule has 2 aliphatic heterocycles. The first kappa shape index (κ1) is 37.3. The van der Waals surface area contributed by atoms with E-state index in [9.17, 15) is 29.4 Å². The van der Waals surface area contributed by atoms with E-state index in [-0.39, 0.29) is 32.1 Å². The van der Waals surface area contributed by atoms with Crippen LogP contribution in [0, 0.1) is 0 Å². The van der Waals surface area contributed by atoms with Gasteiger partial charge in [-0.25, -0.2) is 0 Å². The molecule has 0 bridgehead atoms. The molecule has 49 heavy (non-hydrogen) atoms. The van der Waals surface area contributed by atoms with Gasteiger partial charge in [0.2, 0.25) is 5.91 Å². The van der Waals surface area contributed by atoms with Gasteiger partial charge in [-0.05, 0) is 11.1 Å². The Morgan fingerprint density at radius 2 is 1.22 bits per heavy atom. The number of carbonyl (C=O) groups excluding carboxylic acids is 4. The molecule has 1 amide bonds. The second-order valence-corrected chi connectivity index (χ2v) is 11.4. The Kier molecular flexibility index (Phi) is 13.5. The Bertz CT molecular complexity index is 1450. The lowest BCUT2D eigenvalue weighted by Gasteiger charge is -2.46. The second-order valence-electron chi connectivity index (χ2n) is 11.4. The van der Waals surface area contributed by atoms with Crippen LogP contribution in [0.4, 0.5) is 0 Å². The van der Waals surface area contributed by atoms with Crippen molar-refractivity contribution in [2.24, 2.45) is 0 Å². The fourth-order valence-electron chi connectivity index (χ4n) is 5.34. The van der Waals surface area contributed by atoms with Crippen molar-refractivity contribution in [1.29, 1.82) is 0 Å². The first-order chi connectivity index (χ1) is 23.4. The van der Waals surface area contributed by atoms with Crippen LogP contribution in [0.25, 0.3) is 0 Å². The van der Waals surface area contributed by atoms with Gasteiger partial charge in [0.05, 0.1) is 26.4 Å². The van der Waals surface area contributed by atoms with Gasteiger partial charge in [-0.15, -0.1) is 0 Å². The standard InChI is InChI=1S/C34H41NO14/c1-19(36)35-27-31(45-21(3)38)30(26(47-33(27)41)18-43-16-24-13-9-6-10-14-24)49-34-32(46-22(4)39)28(40)29(44-20(2)37)25(48-34)17-42-15-23-11-7-5-8-12-23/h5-14,25-26,28-32,34,40-41H,15-18H2,1-4H3,(H,35,36)/t25?,26?,28?,29-,30+,31?,32?,34-/m0/s1. The Balaban J connectivity index is 1.66. The minimum Gasteiger partial charge on any atom is -0.480 e. The van der Waals surface area contributed by atoms with Gasteiger partial charge in [-0.2, -0.15) is 0 Å². The maximum absolute atomic E-state index is 12.3. The van der Waals surface area contributed by atoms with Crippen molar-refractivity contribution in [1.82, 2.24) is 5.32 Å². The molecule has 0 aliphatic carbocycles. The number of amides is 1. The molecule has 0 radical (unpaired) electrons. The number of hydrogen-bond donors (Lipinski definition) is 3. The van der Waals surface area contributed by atoms with Gasteiger partial charge in [0.1, 0.15) is 24.0 Å². The summed E-state index contributed by atoms with van der Waals surface area (Å²) < 4.78 is 46.3. The lowest BCUT2D eigenvalue weighted by molar-refractivity contribution is -0.331. The number of carbonyl (C=O) groups is 4. The molecule has 2 heterocycles. The Labute approximate surface area is 283 Å². The molecule has 0 aromatic heterocycles. The van der Waals surface area contributed by atoms with Crippen LogP contribution in [-0.2, 0) is 70.3 Å². The fourth-order valence-corrected chi connectivity index (χ4v) is 5.34. The van der Waals surface area contributed by atoms with Gasteiger partial charge in [-0.3, -0.25) is 19.2 Å². The van der Waals surface area contributed by atoms with E-state index >= 15 is 0 Å². The summed E-state index contributed by atoms with van der Waals surface area (Å²) in [6, 6.07) is 18.4. The van der Waals surface area contributed by atoms with Gasteiger partial charge in [0.25, 0.3) is 0 Å². The summed E-state index contributed by atoms with van der Waals surface area (Å²) in [4.78, 5) is 48.7. The summed E-state index contributed by atoms with van der Waals surface area (Å²) in [5, 5.41) is 24.7. The highest BCUT2D eigenvalue weighted by molar-refractivity contribution is 5.75.